The largest absolute Gasteiger partial charge is 0.350 e. The molecule has 0 aliphatic heterocycles. The number of rotatable bonds is 7. The molecule has 0 heterocycles. The van der Waals surface area contributed by atoms with Gasteiger partial charge in [0.05, 0.1) is 0 Å². The Morgan fingerprint density at radius 3 is 2.21 bits per heavy atom. The van der Waals surface area contributed by atoms with Gasteiger partial charge in [0.15, 0.2) is 0 Å². The molecular weight excluding hydrogens is 372 g/mol. The summed E-state index contributed by atoms with van der Waals surface area (Å²) in [5.41, 5.74) is 1.44. The highest BCUT2D eigenvalue weighted by atomic mass is 35.5. The zero-order chi connectivity index (χ0) is 20.7. The number of hydrogen-bond acceptors (Lipinski definition) is 2. The topological polar surface area (TPSA) is 49.4 Å². The molecule has 4 nitrogen and oxygen atoms in total. The monoisotopic (exact) mass is 400 g/mol. The molecular formula is C23H29ClN2O2. The summed E-state index contributed by atoms with van der Waals surface area (Å²) in [6, 6.07) is 16.6. The van der Waals surface area contributed by atoms with Gasteiger partial charge in [0, 0.05) is 29.9 Å². The minimum Gasteiger partial charge on any atom is -0.350 e. The summed E-state index contributed by atoms with van der Waals surface area (Å²) >= 11 is 6.33. The number of hydrogen-bond donors (Lipinski definition) is 1. The van der Waals surface area contributed by atoms with Crippen LogP contribution in [0.1, 0.15) is 45.2 Å². The predicted octanol–water partition coefficient (Wildman–Crippen LogP) is 4.60. The zero-order valence-corrected chi connectivity index (χ0v) is 17.8. The van der Waals surface area contributed by atoms with Crippen molar-refractivity contribution in [3.05, 3.63) is 70.7 Å². The molecule has 0 bridgehead atoms. The van der Waals surface area contributed by atoms with E-state index in [4.69, 9.17) is 11.6 Å². The predicted molar refractivity (Wildman–Crippen MR) is 114 cm³/mol. The lowest BCUT2D eigenvalue weighted by molar-refractivity contribution is -0.141. The van der Waals surface area contributed by atoms with Crippen LogP contribution < -0.4 is 5.32 Å². The quantitative estimate of drug-likeness (QED) is 0.738. The van der Waals surface area contributed by atoms with Gasteiger partial charge < -0.3 is 10.2 Å². The lowest BCUT2D eigenvalue weighted by Crippen LogP contribution is -2.54. The second-order valence-electron chi connectivity index (χ2n) is 7.91. The minimum atomic E-state index is -0.620. The van der Waals surface area contributed by atoms with Crippen LogP contribution in [0.4, 0.5) is 0 Å². The van der Waals surface area contributed by atoms with Crippen molar-refractivity contribution < 1.29 is 9.59 Å². The number of carbonyl (C=O) groups excluding carboxylic acids is 2. The van der Waals surface area contributed by atoms with Crippen LogP contribution in [0.25, 0.3) is 0 Å². The van der Waals surface area contributed by atoms with Gasteiger partial charge in [-0.3, -0.25) is 9.59 Å². The fraction of sp³-hybridized carbons (Fsp3) is 0.391. The smallest absolute Gasteiger partial charge is 0.243 e. The van der Waals surface area contributed by atoms with Crippen molar-refractivity contribution in [3.8, 4) is 0 Å². The van der Waals surface area contributed by atoms with E-state index in [0.29, 0.717) is 24.4 Å². The van der Waals surface area contributed by atoms with Crippen LogP contribution in [-0.2, 0) is 22.6 Å². The van der Waals surface area contributed by atoms with E-state index in [1.807, 2.05) is 76.2 Å². The van der Waals surface area contributed by atoms with Gasteiger partial charge in [-0.05, 0) is 38.0 Å². The second-order valence-corrected chi connectivity index (χ2v) is 8.32. The molecule has 1 atom stereocenters. The highest BCUT2D eigenvalue weighted by molar-refractivity contribution is 6.31. The number of nitrogens with zero attached hydrogens (tertiary/aromatic N) is 1. The van der Waals surface area contributed by atoms with Crippen LogP contribution in [0.2, 0.25) is 5.02 Å². The first-order valence-corrected chi connectivity index (χ1v) is 9.98. The van der Waals surface area contributed by atoms with Gasteiger partial charge in [-0.1, -0.05) is 67.1 Å². The van der Waals surface area contributed by atoms with Gasteiger partial charge in [0.2, 0.25) is 11.8 Å². The van der Waals surface area contributed by atoms with E-state index in [1.54, 1.807) is 11.0 Å². The zero-order valence-electron chi connectivity index (χ0n) is 17.0. The van der Waals surface area contributed by atoms with Crippen molar-refractivity contribution in [2.45, 2.75) is 58.7 Å². The Labute approximate surface area is 172 Å². The first kappa shape index (κ1) is 22.0. The van der Waals surface area contributed by atoms with E-state index in [2.05, 4.69) is 5.32 Å². The molecule has 1 N–H and O–H groups in total. The highest BCUT2D eigenvalue weighted by Gasteiger charge is 2.31. The van der Waals surface area contributed by atoms with E-state index >= 15 is 0 Å². The molecule has 0 unspecified atom stereocenters. The summed E-state index contributed by atoms with van der Waals surface area (Å²) < 4.78 is 0. The molecule has 0 aromatic heterocycles. The maximum atomic E-state index is 13.2. The Kier molecular flexibility index (Phi) is 7.64. The third kappa shape index (κ3) is 6.38. The maximum absolute atomic E-state index is 13.2. The normalized spacial score (nSPS) is 12.3. The van der Waals surface area contributed by atoms with Crippen molar-refractivity contribution in [1.29, 1.82) is 0 Å². The Morgan fingerprint density at radius 1 is 1.04 bits per heavy atom. The van der Waals surface area contributed by atoms with E-state index in [0.717, 1.165) is 11.1 Å². The molecule has 0 fully saturated rings. The van der Waals surface area contributed by atoms with Crippen LogP contribution in [0, 0.1) is 0 Å². The lowest BCUT2D eigenvalue weighted by atomic mass is 10.0. The molecule has 2 aromatic carbocycles. The van der Waals surface area contributed by atoms with Crippen LogP contribution in [0.15, 0.2) is 54.6 Å². The Morgan fingerprint density at radius 2 is 1.64 bits per heavy atom. The maximum Gasteiger partial charge on any atom is 0.243 e. The average Bonchev–Trinajstić information content (AvgIpc) is 2.64. The molecule has 0 aliphatic rings. The summed E-state index contributed by atoms with van der Waals surface area (Å²) in [4.78, 5) is 27.6. The number of carbonyl (C=O) groups is 2. The SMILES string of the molecule is CCC(=O)N(Cc1ccccc1Cl)[C@H](Cc1ccccc1)C(=O)NC(C)(C)C. The first-order valence-electron chi connectivity index (χ1n) is 9.60. The van der Waals surface area contributed by atoms with Gasteiger partial charge in [-0.25, -0.2) is 0 Å². The van der Waals surface area contributed by atoms with Crippen LogP contribution in [-0.4, -0.2) is 28.3 Å². The molecule has 0 saturated carbocycles. The van der Waals surface area contributed by atoms with E-state index < -0.39 is 11.6 Å². The number of nitrogens with one attached hydrogen (secondary N) is 1. The Hall–Kier alpha value is -2.33. The van der Waals surface area contributed by atoms with Crippen LogP contribution in [0.5, 0.6) is 0 Å². The fourth-order valence-electron chi connectivity index (χ4n) is 3.02. The minimum absolute atomic E-state index is 0.0788. The van der Waals surface area contributed by atoms with Crippen molar-refractivity contribution in [2.24, 2.45) is 0 Å². The lowest BCUT2D eigenvalue weighted by Gasteiger charge is -2.33. The molecule has 28 heavy (non-hydrogen) atoms. The third-order valence-corrected chi connectivity index (χ3v) is 4.74. The Bertz CT molecular complexity index is 800. The highest BCUT2D eigenvalue weighted by Crippen LogP contribution is 2.21. The van der Waals surface area contributed by atoms with Crippen molar-refractivity contribution in [3.63, 3.8) is 0 Å². The third-order valence-electron chi connectivity index (χ3n) is 4.37. The average molecular weight is 401 g/mol. The van der Waals surface area contributed by atoms with Crippen molar-refractivity contribution in [1.82, 2.24) is 10.2 Å². The first-order chi connectivity index (χ1) is 13.2. The van der Waals surface area contributed by atoms with Gasteiger partial charge in [0.1, 0.15) is 6.04 Å². The molecule has 150 valence electrons. The summed E-state index contributed by atoms with van der Waals surface area (Å²) in [6.45, 7) is 7.91. The summed E-state index contributed by atoms with van der Waals surface area (Å²) in [7, 11) is 0. The van der Waals surface area contributed by atoms with Crippen molar-refractivity contribution in [2.75, 3.05) is 0 Å². The summed E-state index contributed by atoms with van der Waals surface area (Å²) in [6.07, 6.45) is 0.761. The number of halogens is 1. The summed E-state index contributed by atoms with van der Waals surface area (Å²) in [5, 5.41) is 3.62. The summed E-state index contributed by atoms with van der Waals surface area (Å²) in [5.74, 6) is -0.241. The van der Waals surface area contributed by atoms with Crippen LogP contribution in [0.3, 0.4) is 0 Å². The second kappa shape index (κ2) is 9.74. The Balaban J connectivity index is 2.40. The molecule has 0 radical (unpaired) electrons. The molecule has 5 heteroatoms. The number of benzene rings is 2. The molecule has 0 aliphatic carbocycles. The molecule has 0 spiro atoms. The van der Waals surface area contributed by atoms with E-state index in [1.165, 1.54) is 0 Å². The molecule has 0 saturated heterocycles. The van der Waals surface area contributed by atoms with Gasteiger partial charge in [0.25, 0.3) is 0 Å². The molecule has 2 rings (SSSR count). The van der Waals surface area contributed by atoms with E-state index in [-0.39, 0.29) is 11.8 Å². The van der Waals surface area contributed by atoms with Crippen LogP contribution >= 0.6 is 11.6 Å². The standard InChI is InChI=1S/C23H29ClN2O2/c1-5-21(27)26(16-18-13-9-10-14-19(18)24)20(22(28)25-23(2,3)4)15-17-11-7-6-8-12-17/h6-14,20H,5,15-16H2,1-4H3,(H,25,28)/t20-/m1/s1. The molecule has 2 aromatic rings. The molecule has 2 amide bonds. The van der Waals surface area contributed by atoms with E-state index in [9.17, 15) is 9.59 Å². The van der Waals surface area contributed by atoms with Gasteiger partial charge in [-0.2, -0.15) is 0 Å². The number of amides is 2. The fourth-order valence-corrected chi connectivity index (χ4v) is 3.22. The van der Waals surface area contributed by atoms with Crippen molar-refractivity contribution >= 4 is 23.4 Å². The van der Waals surface area contributed by atoms with Gasteiger partial charge in [-0.15, -0.1) is 0 Å². The van der Waals surface area contributed by atoms with Gasteiger partial charge >= 0.3 is 0 Å².